The van der Waals surface area contributed by atoms with E-state index in [1.165, 1.54) is 17.8 Å². The van der Waals surface area contributed by atoms with Crippen LogP contribution in [0.4, 0.5) is 4.39 Å². The highest BCUT2D eigenvalue weighted by atomic mass is 79.9. The molecule has 19 heavy (non-hydrogen) atoms. The molecule has 2 aromatic rings. The van der Waals surface area contributed by atoms with E-state index in [0.29, 0.717) is 0 Å². The maximum atomic E-state index is 13.1. The fourth-order valence-electron chi connectivity index (χ4n) is 2.01. The van der Waals surface area contributed by atoms with Crippen molar-refractivity contribution in [3.63, 3.8) is 0 Å². The van der Waals surface area contributed by atoms with Crippen LogP contribution >= 0.6 is 15.9 Å². The molecule has 1 aromatic heterocycles. The van der Waals surface area contributed by atoms with Gasteiger partial charge in [-0.3, -0.25) is 4.98 Å². The summed E-state index contributed by atoms with van der Waals surface area (Å²) >= 11 is 3.46. The van der Waals surface area contributed by atoms with Gasteiger partial charge in [-0.25, -0.2) is 4.39 Å². The SMILES string of the molecule is CC(N[C@@H](C)c1cccc(Br)c1)c1cncc(F)c1. The first-order chi connectivity index (χ1) is 9.06. The molecule has 2 atom stereocenters. The maximum Gasteiger partial charge on any atom is 0.141 e. The predicted octanol–water partition coefficient (Wildman–Crippen LogP) is 4.40. The summed E-state index contributed by atoms with van der Waals surface area (Å²) in [5.74, 6) is -0.304. The van der Waals surface area contributed by atoms with Crippen molar-refractivity contribution in [2.24, 2.45) is 0 Å². The Morgan fingerprint density at radius 1 is 1.11 bits per heavy atom. The Balaban J connectivity index is 2.08. The van der Waals surface area contributed by atoms with Crippen LogP contribution in [0.15, 0.2) is 47.2 Å². The van der Waals surface area contributed by atoms with Gasteiger partial charge >= 0.3 is 0 Å². The lowest BCUT2D eigenvalue weighted by Gasteiger charge is -2.20. The number of halogens is 2. The van der Waals surface area contributed by atoms with Crippen molar-refractivity contribution in [2.75, 3.05) is 0 Å². The molecule has 0 aliphatic carbocycles. The molecule has 0 amide bonds. The van der Waals surface area contributed by atoms with Crippen molar-refractivity contribution in [1.29, 1.82) is 0 Å². The number of rotatable bonds is 4. The number of aromatic nitrogens is 1. The van der Waals surface area contributed by atoms with E-state index in [1.54, 1.807) is 6.20 Å². The number of hydrogen-bond donors (Lipinski definition) is 1. The molecular weight excluding hydrogens is 307 g/mol. The van der Waals surface area contributed by atoms with E-state index >= 15 is 0 Å². The second kappa shape index (κ2) is 6.26. The Kier molecular flexibility index (Phi) is 4.66. The quantitative estimate of drug-likeness (QED) is 0.902. The van der Waals surface area contributed by atoms with Gasteiger partial charge in [-0.2, -0.15) is 0 Å². The van der Waals surface area contributed by atoms with Crippen molar-refractivity contribution in [2.45, 2.75) is 25.9 Å². The zero-order valence-electron chi connectivity index (χ0n) is 10.9. The lowest BCUT2D eigenvalue weighted by atomic mass is 10.1. The molecule has 100 valence electrons. The lowest BCUT2D eigenvalue weighted by Crippen LogP contribution is -2.22. The fourth-order valence-corrected chi connectivity index (χ4v) is 2.43. The highest BCUT2D eigenvalue weighted by Crippen LogP contribution is 2.21. The topological polar surface area (TPSA) is 24.9 Å². The van der Waals surface area contributed by atoms with Gasteiger partial charge in [0.1, 0.15) is 5.82 Å². The molecule has 0 fully saturated rings. The van der Waals surface area contributed by atoms with Crippen LogP contribution < -0.4 is 5.32 Å². The second-order valence-corrected chi connectivity index (χ2v) is 5.52. The van der Waals surface area contributed by atoms with Gasteiger partial charge in [-0.1, -0.05) is 28.1 Å². The molecule has 0 radical (unpaired) electrons. The standard InChI is InChI=1S/C15H16BrFN2/c1-10(12-4-3-5-14(16)6-12)19-11(2)13-7-15(17)9-18-8-13/h3-11,19H,1-2H3/t10-,11?/m0/s1. The van der Waals surface area contributed by atoms with Crippen LogP contribution in [-0.2, 0) is 0 Å². The zero-order chi connectivity index (χ0) is 13.8. The van der Waals surface area contributed by atoms with Crippen molar-refractivity contribution in [3.8, 4) is 0 Å². The van der Waals surface area contributed by atoms with Gasteiger partial charge in [0.05, 0.1) is 6.20 Å². The molecule has 1 unspecified atom stereocenters. The summed E-state index contributed by atoms with van der Waals surface area (Å²) in [4.78, 5) is 3.88. The van der Waals surface area contributed by atoms with Crippen LogP contribution in [0.5, 0.6) is 0 Å². The first-order valence-electron chi connectivity index (χ1n) is 6.18. The fraction of sp³-hybridized carbons (Fsp3) is 0.267. The molecule has 1 heterocycles. The van der Waals surface area contributed by atoms with E-state index in [2.05, 4.69) is 45.3 Å². The smallest absolute Gasteiger partial charge is 0.141 e. The van der Waals surface area contributed by atoms with Gasteiger partial charge < -0.3 is 5.32 Å². The zero-order valence-corrected chi connectivity index (χ0v) is 12.5. The van der Waals surface area contributed by atoms with Crippen LogP contribution in [0.2, 0.25) is 0 Å². The summed E-state index contributed by atoms with van der Waals surface area (Å²) in [5.41, 5.74) is 2.03. The number of nitrogens with one attached hydrogen (secondary N) is 1. The van der Waals surface area contributed by atoms with E-state index in [9.17, 15) is 4.39 Å². The highest BCUT2D eigenvalue weighted by Gasteiger charge is 2.12. The van der Waals surface area contributed by atoms with Gasteiger partial charge in [0.25, 0.3) is 0 Å². The first-order valence-corrected chi connectivity index (χ1v) is 6.97. The third-order valence-electron chi connectivity index (χ3n) is 3.07. The molecule has 1 aromatic carbocycles. The van der Waals surface area contributed by atoms with Crippen LogP contribution in [0.3, 0.4) is 0 Å². The van der Waals surface area contributed by atoms with Crippen LogP contribution in [0, 0.1) is 5.82 Å². The monoisotopic (exact) mass is 322 g/mol. The van der Waals surface area contributed by atoms with Crippen LogP contribution in [-0.4, -0.2) is 4.98 Å². The summed E-state index contributed by atoms with van der Waals surface area (Å²) in [6.45, 7) is 4.09. The van der Waals surface area contributed by atoms with Crippen molar-refractivity contribution in [1.82, 2.24) is 10.3 Å². The molecule has 1 N–H and O–H groups in total. The number of hydrogen-bond acceptors (Lipinski definition) is 2. The molecule has 4 heteroatoms. The summed E-state index contributed by atoms with van der Waals surface area (Å²) in [7, 11) is 0. The van der Waals surface area contributed by atoms with Crippen molar-refractivity contribution in [3.05, 3.63) is 64.1 Å². The Hall–Kier alpha value is -1.26. The minimum absolute atomic E-state index is 0.0391. The van der Waals surface area contributed by atoms with Gasteiger partial charge in [0.15, 0.2) is 0 Å². The van der Waals surface area contributed by atoms with Crippen LogP contribution in [0.25, 0.3) is 0 Å². The number of benzene rings is 1. The average molecular weight is 323 g/mol. The number of pyridine rings is 1. The Morgan fingerprint density at radius 3 is 2.53 bits per heavy atom. The van der Waals surface area contributed by atoms with E-state index in [1.807, 2.05) is 19.1 Å². The predicted molar refractivity (Wildman–Crippen MR) is 78.3 cm³/mol. The normalized spacial score (nSPS) is 14.1. The van der Waals surface area contributed by atoms with Crippen molar-refractivity contribution < 1.29 is 4.39 Å². The first kappa shape index (κ1) is 14.2. The lowest BCUT2D eigenvalue weighted by molar-refractivity contribution is 0.490. The Labute approximate surface area is 121 Å². The highest BCUT2D eigenvalue weighted by molar-refractivity contribution is 9.10. The molecule has 2 nitrogen and oxygen atoms in total. The van der Waals surface area contributed by atoms with Gasteiger partial charge in [-0.05, 0) is 43.2 Å². The summed E-state index contributed by atoms with van der Waals surface area (Å²) in [6.07, 6.45) is 2.91. The summed E-state index contributed by atoms with van der Waals surface area (Å²) < 4.78 is 14.2. The average Bonchev–Trinajstić information content (AvgIpc) is 2.38. The third-order valence-corrected chi connectivity index (χ3v) is 3.57. The third kappa shape index (κ3) is 3.85. The molecule has 0 aliphatic rings. The van der Waals surface area contributed by atoms with E-state index in [-0.39, 0.29) is 17.9 Å². The Bertz CT molecular complexity index is 510. The largest absolute Gasteiger partial charge is 0.304 e. The minimum atomic E-state index is -0.304. The van der Waals surface area contributed by atoms with Gasteiger partial charge in [0, 0.05) is 22.8 Å². The van der Waals surface area contributed by atoms with Crippen LogP contribution in [0.1, 0.15) is 37.1 Å². The molecule has 0 saturated carbocycles. The second-order valence-electron chi connectivity index (χ2n) is 4.60. The minimum Gasteiger partial charge on any atom is -0.304 e. The molecule has 0 bridgehead atoms. The van der Waals surface area contributed by atoms with Gasteiger partial charge in [-0.15, -0.1) is 0 Å². The molecule has 2 rings (SSSR count). The summed E-state index contributed by atoms with van der Waals surface area (Å²) in [5, 5.41) is 3.44. The Morgan fingerprint density at radius 2 is 1.84 bits per heavy atom. The van der Waals surface area contributed by atoms with E-state index in [0.717, 1.165) is 10.0 Å². The summed E-state index contributed by atoms with van der Waals surface area (Å²) in [6, 6.07) is 9.88. The van der Waals surface area contributed by atoms with E-state index in [4.69, 9.17) is 0 Å². The van der Waals surface area contributed by atoms with Crippen molar-refractivity contribution >= 4 is 15.9 Å². The maximum absolute atomic E-state index is 13.1. The molecular formula is C15H16BrFN2. The molecule has 0 saturated heterocycles. The molecule has 0 aliphatic heterocycles. The van der Waals surface area contributed by atoms with E-state index < -0.39 is 0 Å². The number of nitrogens with zero attached hydrogens (tertiary/aromatic N) is 1. The molecule has 0 spiro atoms. The van der Waals surface area contributed by atoms with Gasteiger partial charge in [0.2, 0.25) is 0 Å².